The number of rotatable bonds is 5. The van der Waals surface area contributed by atoms with Gasteiger partial charge in [-0.1, -0.05) is 6.07 Å². The number of nitrogens with zero attached hydrogens (tertiary/aromatic N) is 1. The molecule has 4 rings (SSSR count). The van der Waals surface area contributed by atoms with Crippen molar-refractivity contribution in [2.24, 2.45) is 0 Å². The molecular weight excluding hydrogens is 330 g/mol. The molecule has 2 aliphatic rings. The molecular formula is C21H25NO4. The molecule has 0 radical (unpaired) electrons. The van der Waals surface area contributed by atoms with Crippen molar-refractivity contribution in [3.63, 3.8) is 0 Å². The van der Waals surface area contributed by atoms with Crippen LogP contribution in [0.2, 0.25) is 0 Å². The van der Waals surface area contributed by atoms with Gasteiger partial charge in [0.2, 0.25) is 6.79 Å². The summed E-state index contributed by atoms with van der Waals surface area (Å²) in [7, 11) is 5.58. The van der Waals surface area contributed by atoms with Gasteiger partial charge < -0.3 is 18.9 Å². The van der Waals surface area contributed by atoms with E-state index >= 15 is 0 Å². The molecule has 0 aliphatic carbocycles. The average molecular weight is 355 g/mol. The first kappa shape index (κ1) is 17.0. The van der Waals surface area contributed by atoms with E-state index in [1.807, 2.05) is 6.07 Å². The number of hydrogen-bond donors (Lipinski definition) is 0. The normalized spacial score (nSPS) is 18.5. The van der Waals surface area contributed by atoms with Crippen LogP contribution in [0, 0.1) is 0 Å². The molecule has 2 aromatic rings. The summed E-state index contributed by atoms with van der Waals surface area (Å²) in [5.74, 6) is 3.30. The first-order valence-electron chi connectivity index (χ1n) is 9.03. The Balaban J connectivity index is 1.57. The molecule has 0 amide bonds. The molecule has 5 heteroatoms. The van der Waals surface area contributed by atoms with E-state index in [9.17, 15) is 0 Å². The zero-order valence-electron chi connectivity index (χ0n) is 15.6. The van der Waals surface area contributed by atoms with Gasteiger partial charge in [0.1, 0.15) is 0 Å². The fourth-order valence-corrected chi connectivity index (χ4v) is 3.93. The molecule has 1 atom stereocenters. The van der Waals surface area contributed by atoms with Gasteiger partial charge in [-0.3, -0.25) is 4.90 Å². The molecule has 0 aromatic heterocycles. The van der Waals surface area contributed by atoms with Crippen molar-refractivity contribution in [2.75, 3.05) is 34.6 Å². The molecule has 2 aromatic carbocycles. The number of benzene rings is 2. The van der Waals surface area contributed by atoms with Crippen LogP contribution in [0.3, 0.4) is 0 Å². The van der Waals surface area contributed by atoms with Crippen LogP contribution in [0.5, 0.6) is 23.0 Å². The summed E-state index contributed by atoms with van der Waals surface area (Å²) in [5.41, 5.74) is 3.98. The number of fused-ring (bicyclic) bond motifs is 2. The molecule has 2 aliphatic heterocycles. The van der Waals surface area contributed by atoms with Gasteiger partial charge in [0.05, 0.1) is 14.2 Å². The smallest absolute Gasteiger partial charge is 0.231 e. The predicted molar refractivity (Wildman–Crippen MR) is 99.5 cm³/mol. The zero-order valence-corrected chi connectivity index (χ0v) is 15.6. The predicted octanol–water partition coefficient (Wildman–Crippen LogP) is 3.59. The van der Waals surface area contributed by atoms with E-state index in [4.69, 9.17) is 18.9 Å². The van der Waals surface area contributed by atoms with Gasteiger partial charge in [-0.25, -0.2) is 0 Å². The number of likely N-dealkylation sites (N-methyl/N-ethyl adjacent to an activating group) is 1. The Bertz CT molecular complexity index is 805. The third-order valence-electron chi connectivity index (χ3n) is 5.41. The summed E-state index contributed by atoms with van der Waals surface area (Å²) in [6.07, 6.45) is 3.06. The monoisotopic (exact) mass is 355 g/mol. The van der Waals surface area contributed by atoms with Gasteiger partial charge in [0.15, 0.2) is 23.0 Å². The molecule has 138 valence electrons. The first-order chi connectivity index (χ1) is 12.7. The maximum Gasteiger partial charge on any atom is 0.231 e. The SMILES string of the molecule is COc1cc2c(cc1OC)[C@H](CCc1ccc3c(c1)OCO3)N(C)CC2. The summed E-state index contributed by atoms with van der Waals surface area (Å²) in [6.45, 7) is 1.37. The van der Waals surface area contributed by atoms with E-state index in [1.165, 1.54) is 16.7 Å². The molecule has 0 fully saturated rings. The lowest BCUT2D eigenvalue weighted by Crippen LogP contribution is -2.32. The third kappa shape index (κ3) is 3.07. The average Bonchev–Trinajstić information content (AvgIpc) is 3.14. The minimum absolute atomic E-state index is 0.319. The Kier molecular flexibility index (Phi) is 4.64. The van der Waals surface area contributed by atoms with Crippen molar-refractivity contribution in [3.8, 4) is 23.0 Å². The molecule has 0 unspecified atom stereocenters. The minimum Gasteiger partial charge on any atom is -0.493 e. The summed E-state index contributed by atoms with van der Waals surface area (Å²) < 4.78 is 21.9. The lowest BCUT2D eigenvalue weighted by atomic mass is 9.89. The fourth-order valence-electron chi connectivity index (χ4n) is 3.93. The second kappa shape index (κ2) is 7.08. The molecule has 2 heterocycles. The highest BCUT2D eigenvalue weighted by Gasteiger charge is 2.26. The van der Waals surface area contributed by atoms with Crippen LogP contribution in [-0.2, 0) is 12.8 Å². The molecule has 0 saturated carbocycles. The Morgan fingerprint density at radius 3 is 2.62 bits per heavy atom. The van der Waals surface area contributed by atoms with Crippen LogP contribution in [0.1, 0.15) is 29.2 Å². The third-order valence-corrected chi connectivity index (χ3v) is 5.41. The topological polar surface area (TPSA) is 40.2 Å². The van der Waals surface area contributed by atoms with Crippen molar-refractivity contribution < 1.29 is 18.9 Å². The van der Waals surface area contributed by atoms with Gasteiger partial charge in [0.25, 0.3) is 0 Å². The van der Waals surface area contributed by atoms with Crippen molar-refractivity contribution >= 4 is 0 Å². The molecule has 0 N–H and O–H groups in total. The second-order valence-corrected chi connectivity index (χ2v) is 6.88. The quantitative estimate of drug-likeness (QED) is 0.820. The van der Waals surface area contributed by atoms with Crippen molar-refractivity contribution in [1.82, 2.24) is 4.90 Å². The number of methoxy groups -OCH3 is 2. The van der Waals surface area contributed by atoms with E-state index in [2.05, 4.69) is 36.2 Å². The minimum atomic E-state index is 0.319. The number of aryl methyl sites for hydroxylation is 1. The van der Waals surface area contributed by atoms with Crippen LogP contribution >= 0.6 is 0 Å². The van der Waals surface area contributed by atoms with Crippen molar-refractivity contribution in [1.29, 1.82) is 0 Å². The van der Waals surface area contributed by atoms with E-state index in [1.54, 1.807) is 14.2 Å². The molecule has 0 saturated heterocycles. The van der Waals surface area contributed by atoms with Gasteiger partial charge in [-0.15, -0.1) is 0 Å². The van der Waals surface area contributed by atoms with Gasteiger partial charge in [0, 0.05) is 12.6 Å². The highest BCUT2D eigenvalue weighted by Crippen LogP contribution is 2.40. The van der Waals surface area contributed by atoms with Crippen LogP contribution < -0.4 is 18.9 Å². The molecule has 26 heavy (non-hydrogen) atoms. The van der Waals surface area contributed by atoms with Gasteiger partial charge >= 0.3 is 0 Å². The zero-order chi connectivity index (χ0) is 18.1. The lowest BCUT2D eigenvalue weighted by molar-refractivity contribution is 0.174. The van der Waals surface area contributed by atoms with Crippen LogP contribution in [0.15, 0.2) is 30.3 Å². The summed E-state index contributed by atoms with van der Waals surface area (Å²) in [6, 6.07) is 10.9. The van der Waals surface area contributed by atoms with E-state index in [0.717, 1.165) is 48.8 Å². The van der Waals surface area contributed by atoms with Crippen LogP contribution in [0.4, 0.5) is 0 Å². The Hall–Kier alpha value is -2.40. The lowest BCUT2D eigenvalue weighted by Gasteiger charge is -2.35. The Labute approximate surface area is 154 Å². The first-order valence-corrected chi connectivity index (χ1v) is 9.03. The Morgan fingerprint density at radius 2 is 1.81 bits per heavy atom. The highest BCUT2D eigenvalue weighted by atomic mass is 16.7. The standard InChI is InChI=1S/C21H25NO4/c1-22-9-8-15-11-19(23-2)20(24-3)12-16(15)17(22)6-4-14-5-7-18-21(10-14)26-13-25-18/h5,7,10-12,17H,4,6,8-9,13H2,1-3H3/t17-/m0/s1. The van der Waals surface area contributed by atoms with E-state index in [-0.39, 0.29) is 0 Å². The summed E-state index contributed by atoms with van der Waals surface area (Å²) in [4.78, 5) is 2.43. The molecule has 5 nitrogen and oxygen atoms in total. The number of ether oxygens (including phenoxy) is 4. The fraction of sp³-hybridized carbons (Fsp3) is 0.429. The number of hydrogen-bond acceptors (Lipinski definition) is 5. The summed E-state index contributed by atoms with van der Waals surface area (Å²) >= 11 is 0. The van der Waals surface area contributed by atoms with E-state index < -0.39 is 0 Å². The Morgan fingerprint density at radius 1 is 1.04 bits per heavy atom. The van der Waals surface area contributed by atoms with Crippen LogP contribution in [-0.4, -0.2) is 39.5 Å². The van der Waals surface area contributed by atoms with Gasteiger partial charge in [-0.2, -0.15) is 0 Å². The molecule has 0 spiro atoms. The van der Waals surface area contributed by atoms with Crippen LogP contribution in [0.25, 0.3) is 0 Å². The maximum absolute atomic E-state index is 5.53. The van der Waals surface area contributed by atoms with E-state index in [0.29, 0.717) is 12.8 Å². The van der Waals surface area contributed by atoms with Crippen molar-refractivity contribution in [2.45, 2.75) is 25.3 Å². The second-order valence-electron chi connectivity index (χ2n) is 6.88. The maximum atomic E-state index is 5.53. The van der Waals surface area contributed by atoms with Crippen molar-refractivity contribution in [3.05, 3.63) is 47.0 Å². The molecule has 0 bridgehead atoms. The largest absolute Gasteiger partial charge is 0.493 e. The summed E-state index contributed by atoms with van der Waals surface area (Å²) in [5, 5.41) is 0. The highest BCUT2D eigenvalue weighted by molar-refractivity contribution is 5.49. The van der Waals surface area contributed by atoms with Gasteiger partial charge in [-0.05, 0) is 67.3 Å².